The number of hydrogen-bond acceptors (Lipinski definition) is 6. The lowest BCUT2D eigenvalue weighted by Crippen LogP contribution is -2.71. The number of nitrogens with one attached hydrogen (secondary N) is 1. The highest BCUT2D eigenvalue weighted by Gasteiger charge is 2.54. The van der Waals surface area contributed by atoms with Gasteiger partial charge in [-0.05, 0) is 17.7 Å². The lowest BCUT2D eigenvalue weighted by Gasteiger charge is -2.49. The van der Waals surface area contributed by atoms with Crippen molar-refractivity contribution in [2.75, 3.05) is 23.4 Å². The number of carbonyl (C=O) groups is 3. The van der Waals surface area contributed by atoms with Gasteiger partial charge in [-0.15, -0.1) is 11.8 Å². The molecular weight excluding hydrogens is 495 g/mol. The summed E-state index contributed by atoms with van der Waals surface area (Å²) in [5, 5.41) is 2.37. The maximum absolute atomic E-state index is 12.6. The van der Waals surface area contributed by atoms with Gasteiger partial charge in [0.25, 0.3) is 11.8 Å². The molecule has 0 spiro atoms. The van der Waals surface area contributed by atoms with Crippen molar-refractivity contribution >= 4 is 52.1 Å². The van der Waals surface area contributed by atoms with Crippen LogP contribution in [0.25, 0.3) is 0 Å². The van der Waals surface area contributed by atoms with Gasteiger partial charge in [0.2, 0.25) is 0 Å². The van der Waals surface area contributed by atoms with Crippen LogP contribution in [0.4, 0.5) is 0 Å². The van der Waals surface area contributed by atoms with Crippen molar-refractivity contribution in [1.82, 2.24) is 10.2 Å². The summed E-state index contributed by atoms with van der Waals surface area (Å²) in [6.45, 7) is 3.42. The molecule has 1 aromatic rings. The van der Waals surface area contributed by atoms with Gasteiger partial charge in [-0.2, -0.15) is 0 Å². The molecule has 0 unspecified atom stereocenters. The number of carbonyl (C=O) groups excluding carboxylic acids is 3. The van der Waals surface area contributed by atoms with Gasteiger partial charge in [0.1, 0.15) is 29.5 Å². The van der Waals surface area contributed by atoms with Crippen LogP contribution in [0.2, 0.25) is 0 Å². The van der Waals surface area contributed by atoms with Crippen LogP contribution >= 0.6 is 34.4 Å². The van der Waals surface area contributed by atoms with Gasteiger partial charge in [0.15, 0.2) is 6.61 Å². The fourth-order valence-corrected chi connectivity index (χ4v) is 5.20. The first kappa shape index (κ1) is 20.7. The molecule has 1 aromatic carbocycles. The Bertz CT molecular complexity index is 814. The van der Waals surface area contributed by atoms with Crippen LogP contribution in [0.15, 0.2) is 54.3 Å². The number of nitrogens with zero attached hydrogens (tertiary/aromatic N) is 1. The summed E-state index contributed by atoms with van der Waals surface area (Å²) in [6.07, 6.45) is 1.48. The zero-order chi connectivity index (χ0) is 20.1. The van der Waals surface area contributed by atoms with E-state index >= 15 is 0 Å². The second-order valence-corrected chi connectivity index (χ2v) is 7.90. The number of hydrogen-bond donors (Lipinski definition) is 1. The SMILES string of the molecule is C=CCOC(=O)C1=C(CI)CS[C@@H]2[C@H](NC(=O)COc3ccccc3)C(=O)N12. The average Bonchev–Trinajstić information content (AvgIpc) is 2.73. The number of rotatable bonds is 8. The minimum absolute atomic E-state index is 0.0771. The van der Waals surface area contributed by atoms with E-state index in [1.165, 1.54) is 22.7 Å². The first-order chi connectivity index (χ1) is 13.6. The predicted molar refractivity (Wildman–Crippen MR) is 114 cm³/mol. The Kier molecular flexibility index (Phi) is 7.00. The molecule has 2 amide bonds. The van der Waals surface area contributed by atoms with E-state index < -0.39 is 12.0 Å². The Morgan fingerprint density at radius 2 is 2.11 bits per heavy atom. The van der Waals surface area contributed by atoms with Crippen LogP contribution in [-0.4, -0.2) is 57.5 Å². The maximum atomic E-state index is 12.6. The van der Waals surface area contributed by atoms with Crippen LogP contribution in [-0.2, 0) is 19.1 Å². The lowest BCUT2D eigenvalue weighted by molar-refractivity contribution is -0.152. The molecule has 1 fully saturated rings. The Labute approximate surface area is 180 Å². The molecule has 1 N–H and O–H groups in total. The van der Waals surface area contributed by atoms with E-state index in [2.05, 4.69) is 34.5 Å². The molecule has 28 heavy (non-hydrogen) atoms. The lowest BCUT2D eigenvalue weighted by atomic mass is 10.0. The number of β-lactam (4-membered cyclic amide) rings is 1. The van der Waals surface area contributed by atoms with Crippen molar-refractivity contribution in [3.05, 3.63) is 54.3 Å². The largest absolute Gasteiger partial charge is 0.484 e. The number of halogens is 1. The third-order valence-electron chi connectivity index (χ3n) is 4.16. The van der Waals surface area contributed by atoms with Gasteiger partial charge < -0.3 is 14.8 Å². The summed E-state index contributed by atoms with van der Waals surface area (Å²) >= 11 is 3.68. The number of amides is 2. The molecule has 9 heteroatoms. The number of thioether (sulfide) groups is 1. The van der Waals surface area contributed by atoms with Gasteiger partial charge >= 0.3 is 5.97 Å². The smallest absolute Gasteiger partial charge is 0.355 e. The summed E-state index contributed by atoms with van der Waals surface area (Å²) in [5.74, 6) is -0.0707. The standard InChI is InChI=1S/C19H19IN2O5S/c1-2-8-26-19(25)16-12(9-20)11-28-18-15(17(24)22(16)18)21-14(23)10-27-13-6-4-3-5-7-13/h2-7,15,18H,1,8-11H2,(H,21,23)/t15-,18-/m1/s1. The van der Waals surface area contributed by atoms with E-state index in [4.69, 9.17) is 9.47 Å². The van der Waals surface area contributed by atoms with E-state index in [0.717, 1.165) is 5.57 Å². The fraction of sp³-hybridized carbons (Fsp3) is 0.316. The third-order valence-corrected chi connectivity index (χ3v) is 6.42. The number of benzene rings is 1. The Balaban J connectivity index is 1.62. The molecule has 0 aliphatic carbocycles. The Hall–Kier alpha value is -2.01. The predicted octanol–water partition coefficient (Wildman–Crippen LogP) is 1.88. The van der Waals surface area contributed by atoms with E-state index in [1.54, 1.807) is 12.1 Å². The van der Waals surface area contributed by atoms with Crippen molar-refractivity contribution in [1.29, 1.82) is 0 Å². The van der Waals surface area contributed by atoms with E-state index in [1.807, 2.05) is 18.2 Å². The summed E-state index contributed by atoms with van der Waals surface area (Å²) in [6, 6.07) is 8.28. The normalized spacial score (nSPS) is 20.8. The fourth-order valence-electron chi connectivity index (χ4n) is 2.86. The minimum Gasteiger partial charge on any atom is -0.484 e. The van der Waals surface area contributed by atoms with Crippen molar-refractivity contribution in [3.63, 3.8) is 0 Å². The summed E-state index contributed by atoms with van der Waals surface area (Å²) < 4.78 is 11.2. The molecule has 2 aliphatic heterocycles. The molecule has 0 aromatic heterocycles. The van der Waals surface area contributed by atoms with Crippen molar-refractivity contribution in [2.24, 2.45) is 0 Å². The first-order valence-electron chi connectivity index (χ1n) is 8.54. The molecule has 2 heterocycles. The molecular formula is C19H19IN2O5S. The van der Waals surface area contributed by atoms with Gasteiger partial charge in [0.05, 0.1) is 0 Å². The highest BCUT2D eigenvalue weighted by molar-refractivity contribution is 14.1. The Morgan fingerprint density at radius 3 is 2.79 bits per heavy atom. The summed E-state index contributed by atoms with van der Waals surface area (Å²) in [5.41, 5.74) is 1.14. The van der Waals surface area contributed by atoms with E-state index in [0.29, 0.717) is 15.9 Å². The van der Waals surface area contributed by atoms with E-state index in [-0.39, 0.29) is 36.1 Å². The molecule has 3 rings (SSSR count). The van der Waals surface area contributed by atoms with Crippen molar-refractivity contribution < 1.29 is 23.9 Å². The summed E-state index contributed by atoms with van der Waals surface area (Å²) in [4.78, 5) is 38.7. The third kappa shape index (κ3) is 4.35. The quantitative estimate of drug-likeness (QED) is 0.188. The number of ether oxygens (including phenoxy) is 2. The van der Waals surface area contributed by atoms with Crippen LogP contribution in [0.3, 0.4) is 0 Å². The van der Waals surface area contributed by atoms with Gasteiger partial charge in [0, 0.05) is 10.2 Å². The molecule has 148 valence electrons. The van der Waals surface area contributed by atoms with Gasteiger partial charge in [-0.25, -0.2) is 4.79 Å². The number of alkyl halides is 1. The summed E-state index contributed by atoms with van der Waals surface area (Å²) in [7, 11) is 0. The molecule has 2 atom stereocenters. The zero-order valence-corrected chi connectivity index (χ0v) is 17.9. The molecule has 1 saturated heterocycles. The average molecular weight is 514 g/mol. The molecule has 0 radical (unpaired) electrons. The maximum Gasteiger partial charge on any atom is 0.355 e. The second kappa shape index (κ2) is 9.46. The molecule has 0 saturated carbocycles. The number of para-hydroxylation sites is 1. The molecule has 0 bridgehead atoms. The van der Waals surface area contributed by atoms with Gasteiger partial charge in [-0.3, -0.25) is 14.5 Å². The van der Waals surface area contributed by atoms with Crippen LogP contribution < -0.4 is 10.1 Å². The van der Waals surface area contributed by atoms with Crippen molar-refractivity contribution in [2.45, 2.75) is 11.4 Å². The van der Waals surface area contributed by atoms with Crippen molar-refractivity contribution in [3.8, 4) is 5.75 Å². The van der Waals surface area contributed by atoms with Gasteiger partial charge in [-0.1, -0.05) is 53.4 Å². The Morgan fingerprint density at radius 1 is 1.36 bits per heavy atom. The monoisotopic (exact) mass is 514 g/mol. The number of esters is 1. The van der Waals surface area contributed by atoms with Crippen LogP contribution in [0.5, 0.6) is 5.75 Å². The number of fused-ring (bicyclic) bond motifs is 1. The zero-order valence-electron chi connectivity index (χ0n) is 14.9. The highest BCUT2D eigenvalue weighted by atomic mass is 127. The molecule has 2 aliphatic rings. The van der Waals surface area contributed by atoms with Crippen LogP contribution in [0.1, 0.15) is 0 Å². The van der Waals surface area contributed by atoms with E-state index in [9.17, 15) is 14.4 Å². The highest BCUT2D eigenvalue weighted by Crippen LogP contribution is 2.41. The second-order valence-electron chi connectivity index (χ2n) is 6.03. The first-order valence-corrected chi connectivity index (χ1v) is 11.1. The topological polar surface area (TPSA) is 84.9 Å². The minimum atomic E-state index is -0.685. The molecule has 7 nitrogen and oxygen atoms in total. The van der Waals surface area contributed by atoms with Crippen LogP contribution in [0, 0.1) is 0 Å².